The zero-order valence-corrected chi connectivity index (χ0v) is 16.7. The Bertz CT molecular complexity index is 1090. The predicted molar refractivity (Wildman–Crippen MR) is 106 cm³/mol. The fourth-order valence-electron chi connectivity index (χ4n) is 2.13. The van der Waals surface area contributed by atoms with Gasteiger partial charge in [0, 0.05) is 10.6 Å². The number of amides is 1. The SMILES string of the molecule is O=C(NN=Cc1coc2ccc(Cl)cc2c1=O)c1cc(Br)c(O)c(Br)c1. The maximum atomic E-state index is 12.4. The summed E-state index contributed by atoms with van der Waals surface area (Å²) in [6.45, 7) is 0. The Balaban J connectivity index is 1.83. The molecule has 2 aromatic carbocycles. The van der Waals surface area contributed by atoms with Crippen LogP contribution in [0.4, 0.5) is 0 Å². The van der Waals surface area contributed by atoms with Crippen molar-refractivity contribution in [1.82, 2.24) is 5.43 Å². The predicted octanol–water partition coefficient (Wildman–Crippen LogP) is 4.44. The average molecular weight is 501 g/mol. The number of rotatable bonds is 3. The Morgan fingerprint density at radius 1 is 1.23 bits per heavy atom. The van der Waals surface area contributed by atoms with Crippen molar-refractivity contribution in [1.29, 1.82) is 0 Å². The van der Waals surface area contributed by atoms with Crippen LogP contribution in [0.5, 0.6) is 5.75 Å². The van der Waals surface area contributed by atoms with Gasteiger partial charge < -0.3 is 9.52 Å². The second kappa shape index (κ2) is 7.61. The van der Waals surface area contributed by atoms with E-state index in [1.54, 1.807) is 12.1 Å². The number of benzene rings is 2. The molecular formula is C17H9Br2ClN2O4. The highest BCUT2D eigenvalue weighted by atomic mass is 79.9. The fourth-order valence-corrected chi connectivity index (χ4v) is 3.49. The Morgan fingerprint density at radius 2 is 1.92 bits per heavy atom. The lowest BCUT2D eigenvalue weighted by molar-refractivity contribution is 0.0955. The minimum atomic E-state index is -0.518. The number of fused-ring (bicyclic) bond motifs is 1. The first-order valence-electron chi connectivity index (χ1n) is 7.09. The molecule has 0 fully saturated rings. The average Bonchev–Trinajstić information content (AvgIpc) is 2.61. The highest BCUT2D eigenvalue weighted by Crippen LogP contribution is 2.33. The number of phenols is 1. The molecule has 0 unspecified atom stereocenters. The van der Waals surface area contributed by atoms with Crippen LogP contribution in [0, 0.1) is 0 Å². The zero-order chi connectivity index (χ0) is 18.8. The van der Waals surface area contributed by atoms with E-state index in [0.717, 1.165) is 0 Å². The summed E-state index contributed by atoms with van der Waals surface area (Å²) in [6.07, 6.45) is 2.44. The van der Waals surface area contributed by atoms with Crippen molar-refractivity contribution in [2.75, 3.05) is 0 Å². The maximum Gasteiger partial charge on any atom is 0.271 e. The second-order valence-electron chi connectivity index (χ2n) is 5.15. The number of nitrogens with one attached hydrogen (secondary N) is 1. The molecule has 3 aromatic rings. The topological polar surface area (TPSA) is 91.9 Å². The lowest BCUT2D eigenvalue weighted by Gasteiger charge is -2.04. The number of nitrogens with zero attached hydrogens (tertiary/aromatic N) is 1. The standard InChI is InChI=1S/C17H9Br2ClN2O4/c18-12-3-8(4-13(19)16(12)24)17(25)22-21-6-9-7-26-14-2-1-10(20)5-11(14)15(9)23/h1-7,24H,(H,22,25). The van der Waals surface area contributed by atoms with Crippen molar-refractivity contribution in [3.63, 3.8) is 0 Å². The van der Waals surface area contributed by atoms with Crippen LogP contribution >= 0.6 is 43.5 Å². The summed E-state index contributed by atoms with van der Waals surface area (Å²) in [7, 11) is 0. The van der Waals surface area contributed by atoms with Gasteiger partial charge in [0.1, 0.15) is 17.6 Å². The first kappa shape index (κ1) is 18.6. The van der Waals surface area contributed by atoms with Gasteiger partial charge in [-0.1, -0.05) is 11.6 Å². The molecule has 6 nitrogen and oxygen atoms in total. The van der Waals surface area contributed by atoms with Crippen molar-refractivity contribution in [2.24, 2.45) is 5.10 Å². The van der Waals surface area contributed by atoms with Crippen LogP contribution in [-0.4, -0.2) is 17.2 Å². The third-order valence-corrected chi connectivity index (χ3v) is 4.85. The molecule has 0 bridgehead atoms. The van der Waals surface area contributed by atoms with E-state index in [4.69, 9.17) is 16.0 Å². The largest absolute Gasteiger partial charge is 0.506 e. The molecule has 0 radical (unpaired) electrons. The van der Waals surface area contributed by atoms with E-state index in [0.29, 0.717) is 24.9 Å². The van der Waals surface area contributed by atoms with Crippen LogP contribution in [0.1, 0.15) is 15.9 Å². The number of carbonyl (C=O) groups excluding carboxylic acids is 1. The molecule has 0 aliphatic rings. The van der Waals surface area contributed by atoms with Crippen LogP contribution in [0.15, 0.2) is 59.9 Å². The molecular weight excluding hydrogens is 491 g/mol. The Labute approximate surface area is 168 Å². The summed E-state index contributed by atoms with van der Waals surface area (Å²) in [4.78, 5) is 24.5. The number of halogens is 3. The molecule has 1 heterocycles. The van der Waals surface area contributed by atoms with Crippen LogP contribution in [0.2, 0.25) is 5.02 Å². The maximum absolute atomic E-state index is 12.4. The van der Waals surface area contributed by atoms with Crippen molar-refractivity contribution in [3.8, 4) is 5.75 Å². The molecule has 0 spiro atoms. The number of carbonyl (C=O) groups is 1. The third-order valence-electron chi connectivity index (χ3n) is 3.41. The van der Waals surface area contributed by atoms with E-state index < -0.39 is 5.91 Å². The molecule has 0 aliphatic heterocycles. The van der Waals surface area contributed by atoms with Gasteiger partial charge in [0.05, 0.1) is 26.1 Å². The first-order valence-corrected chi connectivity index (χ1v) is 9.05. The van der Waals surface area contributed by atoms with E-state index in [-0.39, 0.29) is 22.3 Å². The van der Waals surface area contributed by atoms with E-state index >= 15 is 0 Å². The molecule has 0 saturated heterocycles. The Hall–Kier alpha value is -2.16. The van der Waals surface area contributed by atoms with Crippen LogP contribution in [0.25, 0.3) is 11.0 Å². The van der Waals surface area contributed by atoms with Crippen LogP contribution in [-0.2, 0) is 0 Å². The first-order chi connectivity index (χ1) is 12.4. The van der Waals surface area contributed by atoms with Crippen LogP contribution < -0.4 is 10.9 Å². The lowest BCUT2D eigenvalue weighted by atomic mass is 10.2. The lowest BCUT2D eigenvalue weighted by Crippen LogP contribution is -2.18. The highest BCUT2D eigenvalue weighted by Gasteiger charge is 2.11. The molecule has 26 heavy (non-hydrogen) atoms. The molecule has 0 saturated carbocycles. The van der Waals surface area contributed by atoms with Crippen molar-refractivity contribution in [2.45, 2.75) is 0 Å². The Kier molecular flexibility index (Phi) is 5.45. The van der Waals surface area contributed by atoms with E-state index in [1.807, 2.05) is 0 Å². The van der Waals surface area contributed by atoms with E-state index in [2.05, 4.69) is 42.4 Å². The van der Waals surface area contributed by atoms with Gasteiger partial charge in [-0.3, -0.25) is 9.59 Å². The summed E-state index contributed by atoms with van der Waals surface area (Å²) >= 11 is 12.2. The number of phenolic OH excluding ortho intramolecular Hbond substituents is 1. The molecule has 9 heteroatoms. The number of hydrazone groups is 1. The summed E-state index contributed by atoms with van der Waals surface area (Å²) in [5.74, 6) is -0.534. The third kappa shape index (κ3) is 3.82. The van der Waals surface area contributed by atoms with Gasteiger partial charge in [-0.05, 0) is 62.2 Å². The number of hydrogen-bond acceptors (Lipinski definition) is 5. The number of hydrogen-bond donors (Lipinski definition) is 2. The molecule has 1 aromatic heterocycles. The van der Waals surface area contributed by atoms with Gasteiger partial charge in [-0.15, -0.1) is 0 Å². The van der Waals surface area contributed by atoms with Crippen molar-refractivity contribution in [3.05, 3.63) is 71.9 Å². The fraction of sp³-hybridized carbons (Fsp3) is 0. The zero-order valence-electron chi connectivity index (χ0n) is 12.8. The van der Waals surface area contributed by atoms with Crippen molar-refractivity contribution >= 4 is 66.6 Å². The molecule has 2 N–H and O–H groups in total. The quantitative estimate of drug-likeness (QED) is 0.411. The number of aromatic hydroxyl groups is 1. The summed E-state index contributed by atoms with van der Waals surface area (Å²) < 4.78 is 6.07. The van der Waals surface area contributed by atoms with Gasteiger partial charge in [0.25, 0.3) is 5.91 Å². The molecule has 132 valence electrons. The van der Waals surface area contributed by atoms with E-state index in [1.165, 1.54) is 30.7 Å². The summed E-state index contributed by atoms with van der Waals surface area (Å²) in [5, 5.41) is 14.2. The van der Waals surface area contributed by atoms with Gasteiger partial charge in [0.2, 0.25) is 5.43 Å². The summed E-state index contributed by atoms with van der Waals surface area (Å²) in [6, 6.07) is 7.61. The highest BCUT2D eigenvalue weighted by molar-refractivity contribution is 9.11. The Morgan fingerprint density at radius 3 is 2.62 bits per heavy atom. The smallest absolute Gasteiger partial charge is 0.271 e. The van der Waals surface area contributed by atoms with Crippen molar-refractivity contribution < 1.29 is 14.3 Å². The van der Waals surface area contributed by atoms with E-state index in [9.17, 15) is 14.7 Å². The van der Waals surface area contributed by atoms with Gasteiger partial charge >= 0.3 is 0 Å². The minimum absolute atomic E-state index is 0.0162. The normalized spacial score (nSPS) is 11.2. The molecule has 1 amide bonds. The molecule has 0 aliphatic carbocycles. The van der Waals surface area contributed by atoms with Gasteiger partial charge in [-0.2, -0.15) is 5.10 Å². The van der Waals surface area contributed by atoms with Gasteiger partial charge in [-0.25, -0.2) is 5.43 Å². The molecule has 3 rings (SSSR count). The minimum Gasteiger partial charge on any atom is -0.506 e. The molecule has 0 atom stereocenters. The van der Waals surface area contributed by atoms with Crippen LogP contribution in [0.3, 0.4) is 0 Å². The summed E-state index contributed by atoms with van der Waals surface area (Å²) in [5.41, 5.74) is 2.81. The van der Waals surface area contributed by atoms with Gasteiger partial charge in [0.15, 0.2) is 0 Å². The monoisotopic (exact) mass is 498 g/mol. The second-order valence-corrected chi connectivity index (χ2v) is 7.29.